The van der Waals surface area contributed by atoms with Gasteiger partial charge >= 0.3 is 0 Å². The largest absolute Gasteiger partial charge is 0.424 e. The van der Waals surface area contributed by atoms with E-state index in [2.05, 4.69) is 20.4 Å². The first-order chi connectivity index (χ1) is 13.8. The molecule has 29 heavy (non-hydrogen) atoms. The number of aromatic nitrogens is 2. The van der Waals surface area contributed by atoms with Gasteiger partial charge in [-0.3, -0.25) is 4.79 Å². The van der Waals surface area contributed by atoms with Gasteiger partial charge < -0.3 is 14.6 Å². The van der Waals surface area contributed by atoms with Gasteiger partial charge in [-0.1, -0.05) is 0 Å². The number of hydrogen-bond donors (Lipinski definition) is 1. The van der Waals surface area contributed by atoms with Crippen LogP contribution in [-0.2, 0) is 10.0 Å². The predicted octanol–water partition coefficient (Wildman–Crippen LogP) is 1.14. The maximum Gasteiger partial charge on any atom is 0.233 e. The van der Waals surface area contributed by atoms with Gasteiger partial charge in [-0.05, 0) is 37.6 Å². The number of rotatable bonds is 5. The van der Waals surface area contributed by atoms with E-state index in [4.69, 9.17) is 4.42 Å². The van der Waals surface area contributed by atoms with E-state index in [1.54, 1.807) is 18.2 Å². The molecule has 2 unspecified atom stereocenters. The van der Waals surface area contributed by atoms with Crippen molar-refractivity contribution in [1.29, 1.82) is 0 Å². The van der Waals surface area contributed by atoms with Gasteiger partial charge in [0.25, 0.3) is 0 Å². The van der Waals surface area contributed by atoms with Crippen LogP contribution in [0.2, 0.25) is 0 Å². The smallest absolute Gasteiger partial charge is 0.233 e. The summed E-state index contributed by atoms with van der Waals surface area (Å²) in [6.45, 7) is 5.75. The van der Waals surface area contributed by atoms with Crippen LogP contribution in [0, 0.1) is 6.92 Å². The van der Waals surface area contributed by atoms with E-state index in [-0.39, 0.29) is 11.8 Å². The number of Topliss-reactive ketones (excluding diaryl/α,β-unsaturated/α-hetero) is 1. The van der Waals surface area contributed by atoms with Crippen molar-refractivity contribution < 1.29 is 17.6 Å². The van der Waals surface area contributed by atoms with Crippen LogP contribution in [0.3, 0.4) is 0 Å². The fourth-order valence-electron chi connectivity index (χ4n) is 3.89. The van der Waals surface area contributed by atoms with Gasteiger partial charge in [-0.25, -0.2) is 8.42 Å². The number of anilines is 1. The number of piperazine rings is 1. The average Bonchev–Trinajstić information content (AvgIpc) is 3.37. The molecule has 2 aliphatic heterocycles. The third kappa shape index (κ3) is 4.05. The topological polar surface area (TPSA) is 109 Å². The summed E-state index contributed by atoms with van der Waals surface area (Å²) >= 11 is 0. The number of carbonyl (C=O) groups is 1. The molecule has 4 rings (SSSR count). The second kappa shape index (κ2) is 7.85. The molecule has 2 aromatic rings. The molecule has 10 heteroatoms. The Labute approximate surface area is 170 Å². The summed E-state index contributed by atoms with van der Waals surface area (Å²) in [5.41, 5.74) is 1.68. The molecular formula is C19H25N5O4S. The molecule has 9 nitrogen and oxygen atoms in total. The van der Waals surface area contributed by atoms with Crippen LogP contribution in [0.4, 0.5) is 5.69 Å². The number of carbonyl (C=O) groups excluding carboxylic acids is 1. The minimum absolute atomic E-state index is 0.0339. The van der Waals surface area contributed by atoms with Gasteiger partial charge in [0, 0.05) is 50.9 Å². The van der Waals surface area contributed by atoms with Gasteiger partial charge in [-0.2, -0.15) is 4.31 Å². The molecule has 0 aliphatic carbocycles. The van der Waals surface area contributed by atoms with Gasteiger partial charge in [0.05, 0.1) is 11.3 Å². The van der Waals surface area contributed by atoms with Crippen molar-refractivity contribution in [2.24, 2.45) is 0 Å². The minimum atomic E-state index is -3.41. The Balaban J connectivity index is 1.37. The molecule has 1 aromatic carbocycles. The van der Waals surface area contributed by atoms with Crippen LogP contribution in [0.1, 0.15) is 41.5 Å². The Bertz CT molecular complexity index is 980. The average molecular weight is 420 g/mol. The fourth-order valence-corrected chi connectivity index (χ4v) is 5.73. The number of nitrogens with one attached hydrogen (secondary N) is 1. The third-order valence-corrected chi connectivity index (χ3v) is 7.88. The molecule has 2 fully saturated rings. The Kier molecular flexibility index (Phi) is 5.41. The first-order valence-electron chi connectivity index (χ1n) is 9.73. The first kappa shape index (κ1) is 20.0. The molecule has 0 saturated carbocycles. The zero-order valence-corrected chi connectivity index (χ0v) is 17.4. The molecule has 2 aliphatic rings. The summed E-state index contributed by atoms with van der Waals surface area (Å²) < 4.78 is 33.2. The quantitative estimate of drug-likeness (QED) is 0.719. The lowest BCUT2D eigenvalue weighted by molar-refractivity contribution is 0.101. The number of sulfonamides is 1. The maximum absolute atomic E-state index is 13.1. The Morgan fingerprint density at radius 1 is 1.14 bits per heavy atom. The zero-order valence-electron chi connectivity index (χ0n) is 16.5. The van der Waals surface area contributed by atoms with Crippen LogP contribution in [0.15, 0.2) is 28.7 Å². The number of nitrogens with zero attached hydrogens (tertiary/aromatic N) is 4. The first-order valence-corrected chi connectivity index (χ1v) is 11.2. The lowest BCUT2D eigenvalue weighted by Crippen LogP contribution is -2.51. The molecule has 2 saturated heterocycles. The lowest BCUT2D eigenvalue weighted by atomic mass is 10.1. The van der Waals surface area contributed by atoms with Crippen molar-refractivity contribution in [3.05, 3.63) is 41.6 Å². The predicted molar refractivity (Wildman–Crippen MR) is 107 cm³/mol. The molecular weight excluding hydrogens is 394 g/mol. The van der Waals surface area contributed by atoms with Crippen LogP contribution >= 0.6 is 0 Å². The molecule has 0 amide bonds. The summed E-state index contributed by atoms with van der Waals surface area (Å²) in [5, 5.41) is 10.5. The summed E-state index contributed by atoms with van der Waals surface area (Å²) in [5.74, 6) is 0.950. The highest BCUT2D eigenvalue weighted by Crippen LogP contribution is 2.29. The van der Waals surface area contributed by atoms with Gasteiger partial charge in [0.15, 0.2) is 5.78 Å². The number of aryl methyl sites for hydroxylation is 1. The number of benzene rings is 1. The lowest BCUT2D eigenvalue weighted by Gasteiger charge is -2.36. The van der Waals surface area contributed by atoms with E-state index >= 15 is 0 Å². The zero-order chi connectivity index (χ0) is 20.6. The molecule has 2 atom stereocenters. The van der Waals surface area contributed by atoms with Crippen molar-refractivity contribution in [1.82, 2.24) is 19.8 Å². The summed E-state index contributed by atoms with van der Waals surface area (Å²) in [4.78, 5) is 13.6. The molecule has 0 spiro atoms. The second-order valence-electron chi connectivity index (χ2n) is 7.51. The van der Waals surface area contributed by atoms with E-state index in [0.29, 0.717) is 56.5 Å². The number of ketones is 1. The van der Waals surface area contributed by atoms with Crippen LogP contribution in [0.5, 0.6) is 0 Å². The molecule has 3 heterocycles. The van der Waals surface area contributed by atoms with Gasteiger partial charge in [0.2, 0.25) is 21.8 Å². The standard InChI is InChI=1S/C19H25N5O4S/c1-13(25)15-3-5-16(6-4-15)23-7-9-24(10-8-23)29(26,27)17-11-18(20-12-17)19-22-21-14(2)28-19/h3-6,17-18,20H,7-12H2,1-2H3. The summed E-state index contributed by atoms with van der Waals surface area (Å²) in [6.07, 6.45) is 0.427. The highest BCUT2D eigenvalue weighted by molar-refractivity contribution is 7.89. The van der Waals surface area contributed by atoms with E-state index in [9.17, 15) is 13.2 Å². The molecule has 0 bridgehead atoms. The van der Waals surface area contributed by atoms with Crippen molar-refractivity contribution in [2.45, 2.75) is 31.6 Å². The molecule has 156 valence electrons. The molecule has 0 radical (unpaired) electrons. The van der Waals surface area contributed by atoms with Crippen molar-refractivity contribution in [3.63, 3.8) is 0 Å². The van der Waals surface area contributed by atoms with E-state index in [1.165, 1.54) is 0 Å². The highest BCUT2D eigenvalue weighted by Gasteiger charge is 2.40. The van der Waals surface area contributed by atoms with E-state index < -0.39 is 15.3 Å². The van der Waals surface area contributed by atoms with Gasteiger partial charge in [-0.15, -0.1) is 10.2 Å². The summed E-state index contributed by atoms with van der Waals surface area (Å²) in [6, 6.07) is 7.23. The van der Waals surface area contributed by atoms with Crippen molar-refractivity contribution in [2.75, 3.05) is 37.6 Å². The maximum atomic E-state index is 13.1. The second-order valence-corrected chi connectivity index (χ2v) is 9.72. The SMILES string of the molecule is CC(=O)c1ccc(N2CCN(S(=O)(=O)C3CNC(c4nnc(C)o4)C3)CC2)cc1. The van der Waals surface area contributed by atoms with Crippen LogP contribution in [0.25, 0.3) is 0 Å². The number of hydrogen-bond acceptors (Lipinski definition) is 8. The van der Waals surface area contributed by atoms with E-state index in [0.717, 1.165) is 5.69 Å². The van der Waals surface area contributed by atoms with Crippen LogP contribution in [-0.4, -0.2) is 66.7 Å². The third-order valence-electron chi connectivity index (χ3n) is 5.59. The fraction of sp³-hybridized carbons (Fsp3) is 0.526. The molecule has 1 N–H and O–H groups in total. The monoisotopic (exact) mass is 419 g/mol. The van der Waals surface area contributed by atoms with Crippen LogP contribution < -0.4 is 10.2 Å². The van der Waals surface area contributed by atoms with Crippen molar-refractivity contribution >= 4 is 21.5 Å². The van der Waals surface area contributed by atoms with E-state index in [1.807, 2.05) is 24.3 Å². The Morgan fingerprint density at radius 2 is 1.83 bits per heavy atom. The normalized spacial score (nSPS) is 23.4. The Hall–Kier alpha value is -2.30. The Morgan fingerprint density at radius 3 is 2.41 bits per heavy atom. The minimum Gasteiger partial charge on any atom is -0.424 e. The van der Waals surface area contributed by atoms with Crippen molar-refractivity contribution in [3.8, 4) is 0 Å². The highest BCUT2D eigenvalue weighted by atomic mass is 32.2. The molecule has 1 aromatic heterocycles. The van der Waals surface area contributed by atoms with Gasteiger partial charge in [0.1, 0.15) is 0 Å². The summed E-state index contributed by atoms with van der Waals surface area (Å²) in [7, 11) is -3.41.